The van der Waals surface area contributed by atoms with E-state index in [-0.39, 0.29) is 16.9 Å². The van der Waals surface area contributed by atoms with Crippen molar-refractivity contribution in [1.29, 1.82) is 5.26 Å². The number of nitro groups is 1. The van der Waals surface area contributed by atoms with E-state index >= 15 is 0 Å². The van der Waals surface area contributed by atoms with Gasteiger partial charge in [-0.1, -0.05) is 12.1 Å². The molecule has 0 spiro atoms. The molecule has 0 radical (unpaired) electrons. The standard InChI is InChI=1S/C17H14N4O4/c1-25-14-8-6-13(7-9-14)20-17(22)12(10-18)11-19-15-4-2-3-5-16(15)21(23)24/h2-9,11,19H,1H3,(H,20,22)/b12-11-. The zero-order valence-electron chi connectivity index (χ0n) is 13.2. The van der Waals surface area contributed by atoms with Crippen LogP contribution in [0.15, 0.2) is 60.3 Å². The first-order chi connectivity index (χ1) is 12.0. The molecule has 0 aliphatic heterocycles. The molecular weight excluding hydrogens is 324 g/mol. The number of hydrogen-bond donors (Lipinski definition) is 2. The van der Waals surface area contributed by atoms with Gasteiger partial charge in [0.05, 0.1) is 12.0 Å². The molecule has 0 heterocycles. The van der Waals surface area contributed by atoms with E-state index in [9.17, 15) is 14.9 Å². The van der Waals surface area contributed by atoms with Crippen LogP contribution in [0.1, 0.15) is 0 Å². The van der Waals surface area contributed by atoms with Crippen LogP contribution >= 0.6 is 0 Å². The summed E-state index contributed by atoms with van der Waals surface area (Å²) < 4.78 is 5.02. The van der Waals surface area contributed by atoms with E-state index in [0.717, 1.165) is 6.20 Å². The average Bonchev–Trinajstić information content (AvgIpc) is 2.63. The van der Waals surface area contributed by atoms with Gasteiger partial charge in [-0.3, -0.25) is 14.9 Å². The van der Waals surface area contributed by atoms with E-state index in [1.165, 1.54) is 25.3 Å². The Bertz CT molecular complexity index is 854. The van der Waals surface area contributed by atoms with Gasteiger partial charge in [0, 0.05) is 18.0 Å². The summed E-state index contributed by atoms with van der Waals surface area (Å²) in [4.78, 5) is 22.5. The van der Waals surface area contributed by atoms with Gasteiger partial charge in [0.1, 0.15) is 23.1 Å². The predicted octanol–water partition coefficient (Wildman–Crippen LogP) is 3.06. The number of carbonyl (C=O) groups excluding carboxylic acids is 1. The van der Waals surface area contributed by atoms with Gasteiger partial charge in [-0.15, -0.1) is 0 Å². The summed E-state index contributed by atoms with van der Waals surface area (Å²) in [5.41, 5.74) is 0.274. The van der Waals surface area contributed by atoms with Crippen molar-refractivity contribution in [3.63, 3.8) is 0 Å². The summed E-state index contributed by atoms with van der Waals surface area (Å²) in [6.07, 6.45) is 1.13. The number of benzene rings is 2. The molecular formula is C17H14N4O4. The minimum absolute atomic E-state index is 0.161. The first-order valence-corrected chi connectivity index (χ1v) is 7.10. The molecule has 25 heavy (non-hydrogen) atoms. The number of ether oxygens (including phenoxy) is 1. The fraction of sp³-hybridized carbons (Fsp3) is 0.0588. The quantitative estimate of drug-likeness (QED) is 0.362. The van der Waals surface area contributed by atoms with Crippen molar-refractivity contribution in [3.05, 3.63) is 70.4 Å². The molecule has 8 heteroatoms. The Morgan fingerprint density at radius 1 is 1.24 bits per heavy atom. The molecule has 2 rings (SSSR count). The molecule has 0 bridgehead atoms. The first-order valence-electron chi connectivity index (χ1n) is 7.10. The van der Waals surface area contributed by atoms with Crippen LogP contribution in [0.2, 0.25) is 0 Å². The Hall–Kier alpha value is -3.86. The third-order valence-electron chi connectivity index (χ3n) is 3.19. The molecule has 0 saturated carbocycles. The smallest absolute Gasteiger partial charge is 0.292 e. The van der Waals surface area contributed by atoms with Crippen LogP contribution < -0.4 is 15.4 Å². The van der Waals surface area contributed by atoms with Crippen LogP contribution in [0.5, 0.6) is 5.75 Å². The minimum Gasteiger partial charge on any atom is -0.497 e. The molecule has 126 valence electrons. The largest absolute Gasteiger partial charge is 0.497 e. The van der Waals surface area contributed by atoms with Gasteiger partial charge in [-0.25, -0.2) is 0 Å². The fourth-order valence-corrected chi connectivity index (χ4v) is 1.93. The van der Waals surface area contributed by atoms with Crippen molar-refractivity contribution in [2.45, 2.75) is 0 Å². The van der Waals surface area contributed by atoms with E-state index in [4.69, 9.17) is 10.00 Å². The zero-order valence-corrected chi connectivity index (χ0v) is 13.2. The normalized spacial score (nSPS) is 10.5. The van der Waals surface area contributed by atoms with Crippen molar-refractivity contribution in [2.24, 2.45) is 0 Å². The van der Waals surface area contributed by atoms with Crippen LogP contribution in [0.25, 0.3) is 0 Å². The third-order valence-corrected chi connectivity index (χ3v) is 3.19. The maximum absolute atomic E-state index is 12.1. The van der Waals surface area contributed by atoms with Crippen LogP contribution in [-0.2, 0) is 4.79 Å². The Morgan fingerprint density at radius 2 is 1.92 bits per heavy atom. The topological polar surface area (TPSA) is 117 Å². The highest BCUT2D eigenvalue weighted by Crippen LogP contribution is 2.23. The van der Waals surface area contributed by atoms with E-state index < -0.39 is 10.8 Å². The summed E-state index contributed by atoms with van der Waals surface area (Å²) >= 11 is 0. The zero-order chi connectivity index (χ0) is 18.2. The van der Waals surface area contributed by atoms with Gasteiger partial charge in [-0.05, 0) is 30.3 Å². The van der Waals surface area contributed by atoms with Gasteiger partial charge in [0.25, 0.3) is 11.6 Å². The molecule has 0 aliphatic rings. The lowest BCUT2D eigenvalue weighted by Gasteiger charge is -2.06. The second kappa shape index (κ2) is 8.12. The Morgan fingerprint density at radius 3 is 2.52 bits per heavy atom. The number of nitrogens with one attached hydrogen (secondary N) is 2. The molecule has 0 aromatic heterocycles. The highest BCUT2D eigenvalue weighted by atomic mass is 16.6. The van der Waals surface area contributed by atoms with Gasteiger partial charge in [-0.2, -0.15) is 5.26 Å². The predicted molar refractivity (Wildman–Crippen MR) is 92.0 cm³/mol. The fourth-order valence-electron chi connectivity index (χ4n) is 1.93. The second-order valence-electron chi connectivity index (χ2n) is 4.77. The summed E-state index contributed by atoms with van der Waals surface area (Å²) in [7, 11) is 1.53. The summed E-state index contributed by atoms with van der Waals surface area (Å²) in [6, 6.07) is 14.3. The molecule has 1 amide bonds. The minimum atomic E-state index is -0.640. The molecule has 2 aromatic carbocycles. The van der Waals surface area contributed by atoms with Crippen molar-refractivity contribution in [3.8, 4) is 11.8 Å². The summed E-state index contributed by atoms with van der Waals surface area (Å²) in [5, 5.41) is 25.3. The lowest BCUT2D eigenvalue weighted by Crippen LogP contribution is -2.14. The number of anilines is 2. The van der Waals surface area contributed by atoms with Crippen LogP contribution in [0.3, 0.4) is 0 Å². The maximum Gasteiger partial charge on any atom is 0.292 e. The number of para-hydroxylation sites is 2. The Balaban J connectivity index is 2.13. The van der Waals surface area contributed by atoms with Gasteiger partial charge < -0.3 is 15.4 Å². The van der Waals surface area contributed by atoms with Gasteiger partial charge in [0.15, 0.2) is 0 Å². The van der Waals surface area contributed by atoms with Crippen LogP contribution in [-0.4, -0.2) is 17.9 Å². The third kappa shape index (κ3) is 4.56. The molecule has 0 fully saturated rings. The lowest BCUT2D eigenvalue weighted by molar-refractivity contribution is -0.383. The van der Waals surface area contributed by atoms with Crippen molar-refractivity contribution < 1.29 is 14.5 Å². The van der Waals surface area contributed by atoms with E-state index in [0.29, 0.717) is 11.4 Å². The molecule has 2 N–H and O–H groups in total. The van der Waals surface area contributed by atoms with Crippen LogP contribution in [0, 0.1) is 21.4 Å². The average molecular weight is 338 g/mol. The van der Waals surface area contributed by atoms with E-state index in [1.807, 2.05) is 0 Å². The molecule has 2 aromatic rings. The van der Waals surface area contributed by atoms with E-state index in [2.05, 4.69) is 10.6 Å². The number of nitro benzene ring substituents is 1. The van der Waals surface area contributed by atoms with Crippen LogP contribution in [0.4, 0.5) is 17.1 Å². The van der Waals surface area contributed by atoms with E-state index in [1.54, 1.807) is 36.4 Å². The number of carbonyl (C=O) groups is 1. The first kappa shape index (κ1) is 17.5. The van der Waals surface area contributed by atoms with Gasteiger partial charge >= 0.3 is 0 Å². The monoisotopic (exact) mass is 338 g/mol. The summed E-state index contributed by atoms with van der Waals surface area (Å²) in [6.45, 7) is 0. The molecule has 0 aliphatic carbocycles. The lowest BCUT2D eigenvalue weighted by atomic mass is 10.2. The highest BCUT2D eigenvalue weighted by molar-refractivity contribution is 6.06. The molecule has 0 atom stereocenters. The number of rotatable bonds is 6. The Kier molecular flexibility index (Phi) is 5.68. The summed E-state index contributed by atoms with van der Waals surface area (Å²) in [5.74, 6) is -0.00847. The van der Waals surface area contributed by atoms with Crippen molar-refractivity contribution in [1.82, 2.24) is 0 Å². The molecule has 8 nitrogen and oxygen atoms in total. The Labute approximate surface area is 143 Å². The maximum atomic E-state index is 12.1. The van der Waals surface area contributed by atoms with Gasteiger partial charge in [0.2, 0.25) is 0 Å². The number of nitrogens with zero attached hydrogens (tertiary/aromatic N) is 2. The SMILES string of the molecule is COc1ccc(NC(=O)/C(C#N)=C\Nc2ccccc2[N+](=O)[O-])cc1. The molecule has 0 unspecified atom stereocenters. The number of nitriles is 1. The second-order valence-corrected chi connectivity index (χ2v) is 4.77. The number of methoxy groups -OCH3 is 1. The van der Waals surface area contributed by atoms with Crippen molar-refractivity contribution >= 4 is 23.0 Å². The van der Waals surface area contributed by atoms with Crippen molar-refractivity contribution in [2.75, 3.05) is 17.7 Å². The number of hydrogen-bond acceptors (Lipinski definition) is 6. The number of amides is 1. The molecule has 0 saturated heterocycles. The highest BCUT2D eigenvalue weighted by Gasteiger charge is 2.13.